The SMILES string of the molecule is CCN(CC)C(=O)c1c(F)ccc(F)c1C(=O)O. The number of carboxylic acid groups (broad SMARTS) is 1. The fraction of sp³-hybridized carbons (Fsp3) is 0.333. The van der Waals surface area contributed by atoms with Crippen molar-refractivity contribution in [3.05, 3.63) is 34.9 Å². The standard InChI is InChI=1S/C12H13F2NO3/c1-3-15(4-2)11(16)9-7(13)5-6-8(14)10(9)12(17)18/h5-6H,3-4H2,1-2H3,(H,17,18). The second-order valence-corrected chi connectivity index (χ2v) is 3.56. The quantitative estimate of drug-likeness (QED) is 0.899. The number of carbonyl (C=O) groups is 2. The van der Waals surface area contributed by atoms with E-state index in [-0.39, 0.29) is 13.1 Å². The van der Waals surface area contributed by atoms with Crippen LogP contribution in [0.1, 0.15) is 34.6 Å². The molecule has 18 heavy (non-hydrogen) atoms. The maximum Gasteiger partial charge on any atom is 0.339 e. The van der Waals surface area contributed by atoms with Crippen LogP contribution in [-0.4, -0.2) is 35.0 Å². The second kappa shape index (κ2) is 5.57. The molecule has 0 aliphatic rings. The fourth-order valence-electron chi connectivity index (χ4n) is 1.64. The van der Waals surface area contributed by atoms with Crippen molar-refractivity contribution in [1.29, 1.82) is 0 Å². The van der Waals surface area contributed by atoms with Crippen molar-refractivity contribution in [2.24, 2.45) is 0 Å². The Morgan fingerprint density at radius 2 is 1.56 bits per heavy atom. The Labute approximate surface area is 103 Å². The van der Waals surface area contributed by atoms with Gasteiger partial charge in [0.25, 0.3) is 5.91 Å². The van der Waals surface area contributed by atoms with E-state index in [1.807, 2.05) is 0 Å². The van der Waals surface area contributed by atoms with Crippen LogP contribution >= 0.6 is 0 Å². The maximum atomic E-state index is 13.6. The van der Waals surface area contributed by atoms with E-state index >= 15 is 0 Å². The molecule has 0 aromatic heterocycles. The van der Waals surface area contributed by atoms with Gasteiger partial charge in [0.2, 0.25) is 0 Å². The molecule has 0 saturated carbocycles. The molecule has 1 amide bonds. The lowest BCUT2D eigenvalue weighted by Crippen LogP contribution is -2.32. The van der Waals surface area contributed by atoms with Crippen molar-refractivity contribution >= 4 is 11.9 Å². The zero-order valence-electron chi connectivity index (χ0n) is 10.0. The van der Waals surface area contributed by atoms with Gasteiger partial charge in [0, 0.05) is 13.1 Å². The highest BCUT2D eigenvalue weighted by Crippen LogP contribution is 2.19. The highest BCUT2D eigenvalue weighted by atomic mass is 19.1. The molecular formula is C12H13F2NO3. The molecule has 1 aromatic carbocycles. The summed E-state index contributed by atoms with van der Waals surface area (Å²) in [6, 6.07) is 1.44. The van der Waals surface area contributed by atoms with Gasteiger partial charge in [-0.15, -0.1) is 0 Å². The summed E-state index contributed by atoms with van der Waals surface area (Å²) in [6.45, 7) is 3.90. The Hall–Kier alpha value is -1.98. The minimum atomic E-state index is -1.66. The average molecular weight is 257 g/mol. The summed E-state index contributed by atoms with van der Waals surface area (Å²) >= 11 is 0. The summed E-state index contributed by atoms with van der Waals surface area (Å²) in [6.07, 6.45) is 0. The molecule has 1 aromatic rings. The molecule has 0 fully saturated rings. The van der Waals surface area contributed by atoms with Gasteiger partial charge in [-0.1, -0.05) is 0 Å². The zero-order valence-corrected chi connectivity index (χ0v) is 10.0. The molecule has 0 heterocycles. The molecule has 4 nitrogen and oxygen atoms in total. The van der Waals surface area contributed by atoms with Crippen molar-refractivity contribution in [3.8, 4) is 0 Å². The van der Waals surface area contributed by atoms with Crippen molar-refractivity contribution in [2.75, 3.05) is 13.1 Å². The molecule has 0 aliphatic heterocycles. The average Bonchev–Trinajstić information content (AvgIpc) is 2.32. The van der Waals surface area contributed by atoms with Crippen LogP contribution in [0, 0.1) is 11.6 Å². The number of carboxylic acids is 1. The molecule has 0 radical (unpaired) electrons. The van der Waals surface area contributed by atoms with Crippen LogP contribution in [-0.2, 0) is 0 Å². The van der Waals surface area contributed by atoms with E-state index < -0.39 is 34.6 Å². The highest BCUT2D eigenvalue weighted by Gasteiger charge is 2.27. The first-order chi connectivity index (χ1) is 8.43. The number of halogens is 2. The van der Waals surface area contributed by atoms with Crippen molar-refractivity contribution in [3.63, 3.8) is 0 Å². The van der Waals surface area contributed by atoms with Crippen LogP contribution in [0.15, 0.2) is 12.1 Å². The molecular weight excluding hydrogens is 244 g/mol. The van der Waals surface area contributed by atoms with Crippen LogP contribution in [0.2, 0.25) is 0 Å². The number of hydrogen-bond acceptors (Lipinski definition) is 2. The lowest BCUT2D eigenvalue weighted by atomic mass is 10.0. The molecule has 6 heteroatoms. The predicted molar refractivity (Wildman–Crippen MR) is 60.6 cm³/mol. The predicted octanol–water partition coefficient (Wildman–Crippen LogP) is 2.15. The van der Waals surface area contributed by atoms with Gasteiger partial charge in [-0.3, -0.25) is 4.79 Å². The van der Waals surface area contributed by atoms with Gasteiger partial charge in [-0.2, -0.15) is 0 Å². The molecule has 98 valence electrons. The maximum absolute atomic E-state index is 13.6. The van der Waals surface area contributed by atoms with Crippen LogP contribution in [0.3, 0.4) is 0 Å². The fourth-order valence-corrected chi connectivity index (χ4v) is 1.64. The number of benzene rings is 1. The Balaban J connectivity index is 3.43. The van der Waals surface area contributed by atoms with Crippen LogP contribution < -0.4 is 0 Å². The number of amides is 1. The largest absolute Gasteiger partial charge is 0.478 e. The van der Waals surface area contributed by atoms with E-state index in [0.29, 0.717) is 6.07 Å². The topological polar surface area (TPSA) is 57.6 Å². The molecule has 0 spiro atoms. The number of aromatic carboxylic acids is 1. The van der Waals surface area contributed by atoms with E-state index in [2.05, 4.69) is 0 Å². The van der Waals surface area contributed by atoms with Gasteiger partial charge in [0.05, 0.1) is 5.56 Å². The monoisotopic (exact) mass is 257 g/mol. The van der Waals surface area contributed by atoms with E-state index in [4.69, 9.17) is 5.11 Å². The van der Waals surface area contributed by atoms with Crippen molar-refractivity contribution in [1.82, 2.24) is 4.90 Å². The van der Waals surface area contributed by atoms with E-state index in [0.717, 1.165) is 6.07 Å². The van der Waals surface area contributed by atoms with Crippen LogP contribution in [0.4, 0.5) is 8.78 Å². The summed E-state index contributed by atoms with van der Waals surface area (Å²) in [7, 11) is 0. The molecule has 0 unspecified atom stereocenters. The first kappa shape index (κ1) is 14.1. The normalized spacial score (nSPS) is 10.2. The van der Waals surface area contributed by atoms with E-state index in [9.17, 15) is 18.4 Å². The van der Waals surface area contributed by atoms with E-state index in [1.165, 1.54) is 4.90 Å². The van der Waals surface area contributed by atoms with Gasteiger partial charge >= 0.3 is 5.97 Å². The third kappa shape index (κ3) is 2.47. The zero-order chi connectivity index (χ0) is 13.9. The van der Waals surface area contributed by atoms with Gasteiger partial charge in [-0.25, -0.2) is 13.6 Å². The third-order valence-electron chi connectivity index (χ3n) is 2.58. The summed E-state index contributed by atoms with van der Waals surface area (Å²) in [4.78, 5) is 24.1. The van der Waals surface area contributed by atoms with Gasteiger partial charge in [0.15, 0.2) is 0 Å². The first-order valence-electron chi connectivity index (χ1n) is 5.44. The molecule has 0 atom stereocenters. The Kier molecular flexibility index (Phi) is 4.36. The highest BCUT2D eigenvalue weighted by molar-refractivity contribution is 6.05. The lowest BCUT2D eigenvalue weighted by Gasteiger charge is -2.20. The Morgan fingerprint density at radius 1 is 1.11 bits per heavy atom. The summed E-state index contributed by atoms with van der Waals surface area (Å²) in [5.41, 5.74) is -1.65. The summed E-state index contributed by atoms with van der Waals surface area (Å²) in [5, 5.41) is 8.87. The summed E-state index contributed by atoms with van der Waals surface area (Å²) in [5.74, 6) is -4.65. The molecule has 0 bridgehead atoms. The molecule has 0 saturated heterocycles. The lowest BCUT2D eigenvalue weighted by molar-refractivity contribution is 0.0670. The minimum Gasteiger partial charge on any atom is -0.478 e. The number of nitrogens with zero attached hydrogens (tertiary/aromatic N) is 1. The van der Waals surface area contributed by atoms with Crippen molar-refractivity contribution in [2.45, 2.75) is 13.8 Å². The second-order valence-electron chi connectivity index (χ2n) is 3.56. The smallest absolute Gasteiger partial charge is 0.339 e. The van der Waals surface area contributed by atoms with Gasteiger partial charge in [-0.05, 0) is 26.0 Å². The van der Waals surface area contributed by atoms with Crippen LogP contribution in [0.25, 0.3) is 0 Å². The van der Waals surface area contributed by atoms with E-state index in [1.54, 1.807) is 13.8 Å². The molecule has 0 aliphatic carbocycles. The molecule has 1 rings (SSSR count). The van der Waals surface area contributed by atoms with Gasteiger partial charge in [0.1, 0.15) is 17.2 Å². The van der Waals surface area contributed by atoms with Gasteiger partial charge < -0.3 is 10.0 Å². The number of carbonyl (C=O) groups excluding carboxylic acids is 1. The minimum absolute atomic E-state index is 0.282. The third-order valence-corrected chi connectivity index (χ3v) is 2.58. The number of hydrogen-bond donors (Lipinski definition) is 1. The first-order valence-corrected chi connectivity index (χ1v) is 5.44. The summed E-state index contributed by atoms with van der Waals surface area (Å²) < 4.78 is 27.0. The Morgan fingerprint density at radius 3 is 1.94 bits per heavy atom. The Bertz CT molecular complexity index is 484. The van der Waals surface area contributed by atoms with Crippen molar-refractivity contribution < 1.29 is 23.5 Å². The van der Waals surface area contributed by atoms with Crippen LogP contribution in [0.5, 0.6) is 0 Å². The number of rotatable bonds is 4. The molecule has 1 N–H and O–H groups in total.